The molecule has 29 heavy (non-hydrogen) atoms. The average molecular weight is 414 g/mol. The van der Waals surface area contributed by atoms with Crippen LogP contribution in [0.15, 0.2) is 0 Å². The maximum Gasteiger partial charge on any atom is 0.329 e. The highest BCUT2D eigenvalue weighted by Crippen LogP contribution is 2.43. The zero-order chi connectivity index (χ0) is 21.2. The van der Waals surface area contributed by atoms with E-state index in [1.165, 1.54) is 4.68 Å². The lowest BCUT2D eigenvalue weighted by Crippen LogP contribution is -2.38. The first-order chi connectivity index (χ1) is 13.4. The molecule has 0 radical (unpaired) electrons. The summed E-state index contributed by atoms with van der Waals surface area (Å²) in [6, 6.07) is -0.521. The van der Waals surface area contributed by atoms with Crippen LogP contribution in [0.5, 0.6) is 0 Å². The Morgan fingerprint density at radius 2 is 1.69 bits per heavy atom. The highest BCUT2D eigenvalue weighted by molar-refractivity contribution is 5.83. The predicted molar refractivity (Wildman–Crippen MR) is 91.9 cm³/mol. The zero-order valence-corrected chi connectivity index (χ0v) is 16.0. The van der Waals surface area contributed by atoms with Crippen LogP contribution < -0.4 is 4.90 Å². The summed E-state index contributed by atoms with van der Waals surface area (Å²) >= 11 is 0. The van der Waals surface area contributed by atoms with E-state index < -0.39 is 36.4 Å². The van der Waals surface area contributed by atoms with Crippen molar-refractivity contribution in [2.45, 2.75) is 51.0 Å². The first-order valence-corrected chi connectivity index (χ1v) is 8.78. The number of fused-ring (bicyclic) bond motifs is 1. The number of halogens is 4. The molecule has 0 aliphatic carbocycles. The largest absolute Gasteiger partial charge is 0.342 e. The number of alkyl halides is 4. The Morgan fingerprint density at radius 1 is 1.03 bits per heavy atom. The summed E-state index contributed by atoms with van der Waals surface area (Å²) in [6.45, 7) is 4.84. The normalized spacial score (nSPS) is 19.8. The Labute approximate surface area is 161 Å². The second-order valence-electron chi connectivity index (χ2n) is 8.05. The molecule has 1 fully saturated rings. The van der Waals surface area contributed by atoms with Crippen LogP contribution in [0.4, 0.5) is 23.4 Å². The maximum atomic E-state index is 13.8. The molecule has 1 N–H and O–H groups in total. The molecule has 3 aromatic heterocycles. The van der Waals surface area contributed by atoms with Crippen molar-refractivity contribution in [2.24, 2.45) is 0 Å². The lowest BCUT2D eigenvalue weighted by Gasteiger charge is -2.21. The van der Waals surface area contributed by atoms with E-state index >= 15 is 0 Å². The van der Waals surface area contributed by atoms with Crippen molar-refractivity contribution >= 4 is 17.0 Å². The molecule has 1 aliphatic heterocycles. The van der Waals surface area contributed by atoms with Crippen LogP contribution in [0.25, 0.3) is 11.2 Å². The van der Waals surface area contributed by atoms with Crippen LogP contribution in [0.1, 0.15) is 45.4 Å². The van der Waals surface area contributed by atoms with Gasteiger partial charge in [0.1, 0.15) is 11.9 Å². The predicted octanol–water partition coefficient (Wildman–Crippen LogP) is 1.73. The summed E-state index contributed by atoms with van der Waals surface area (Å²) in [7, 11) is 0. The molecule has 4 rings (SSSR count). The van der Waals surface area contributed by atoms with Crippen LogP contribution in [-0.2, 0) is 5.41 Å². The van der Waals surface area contributed by atoms with E-state index in [2.05, 4.69) is 40.9 Å². The first kappa shape index (κ1) is 19.4. The molecule has 1 aliphatic rings. The number of anilines is 1. The summed E-state index contributed by atoms with van der Waals surface area (Å²) in [5, 5.41) is 21.5. The maximum absolute atomic E-state index is 13.8. The Morgan fingerprint density at radius 3 is 2.24 bits per heavy atom. The van der Waals surface area contributed by atoms with Crippen molar-refractivity contribution in [2.75, 3.05) is 18.0 Å². The summed E-state index contributed by atoms with van der Waals surface area (Å²) in [5.74, 6) is -7.81. The molecule has 10 nitrogen and oxygen atoms in total. The van der Waals surface area contributed by atoms with Crippen LogP contribution in [0.2, 0.25) is 0 Å². The molecule has 3 aromatic rings. The molecule has 1 atom stereocenters. The third-order valence-electron chi connectivity index (χ3n) is 4.71. The molecular formula is C15H18F4N10. The summed E-state index contributed by atoms with van der Waals surface area (Å²) in [4.78, 5) is 9.62. The lowest BCUT2D eigenvalue weighted by molar-refractivity contribution is -0.172. The molecule has 0 spiro atoms. The van der Waals surface area contributed by atoms with Crippen molar-refractivity contribution in [3.05, 3.63) is 11.6 Å². The van der Waals surface area contributed by atoms with Gasteiger partial charge in [-0.2, -0.15) is 17.6 Å². The average Bonchev–Trinajstić information content (AvgIpc) is 3.31. The molecule has 14 heteroatoms. The van der Waals surface area contributed by atoms with Gasteiger partial charge in [0, 0.05) is 5.41 Å². The molecule has 0 saturated carbocycles. The van der Waals surface area contributed by atoms with Gasteiger partial charge < -0.3 is 4.90 Å². The van der Waals surface area contributed by atoms with E-state index in [-0.39, 0.29) is 22.8 Å². The SMILES string of the molecule is CC(c1nnn[nH]1)n1nnc2c(N3CC(F)(F)C(F)(F)C3)nc(C(C)(C)C)nc21. The van der Waals surface area contributed by atoms with Gasteiger partial charge in [0.05, 0.1) is 13.1 Å². The van der Waals surface area contributed by atoms with E-state index in [0.29, 0.717) is 5.82 Å². The second-order valence-corrected chi connectivity index (χ2v) is 8.05. The molecule has 156 valence electrons. The summed E-state index contributed by atoms with van der Waals surface area (Å²) in [5.41, 5.74) is -0.326. The number of nitrogens with zero attached hydrogens (tertiary/aromatic N) is 9. The van der Waals surface area contributed by atoms with Crippen LogP contribution in [0, 0.1) is 0 Å². The Balaban J connectivity index is 1.89. The summed E-state index contributed by atoms with van der Waals surface area (Å²) < 4.78 is 56.6. The van der Waals surface area contributed by atoms with Gasteiger partial charge in [-0.1, -0.05) is 26.0 Å². The highest BCUT2D eigenvalue weighted by Gasteiger charge is 2.63. The van der Waals surface area contributed by atoms with Crippen molar-refractivity contribution in [1.82, 2.24) is 45.6 Å². The van der Waals surface area contributed by atoms with Gasteiger partial charge in [-0.15, -0.1) is 10.2 Å². The fraction of sp³-hybridized carbons (Fsp3) is 0.667. The van der Waals surface area contributed by atoms with E-state index in [4.69, 9.17) is 0 Å². The quantitative estimate of drug-likeness (QED) is 0.645. The number of hydrogen-bond acceptors (Lipinski definition) is 8. The van der Waals surface area contributed by atoms with Crippen molar-refractivity contribution < 1.29 is 17.6 Å². The van der Waals surface area contributed by atoms with Crippen molar-refractivity contribution in [1.29, 1.82) is 0 Å². The molecule has 0 amide bonds. The third-order valence-corrected chi connectivity index (χ3v) is 4.71. The van der Waals surface area contributed by atoms with Gasteiger partial charge in [0.25, 0.3) is 0 Å². The molecule has 4 heterocycles. The van der Waals surface area contributed by atoms with E-state index in [1.54, 1.807) is 6.92 Å². The first-order valence-electron chi connectivity index (χ1n) is 8.78. The third kappa shape index (κ3) is 3.06. The van der Waals surface area contributed by atoms with Gasteiger partial charge in [-0.3, -0.25) is 0 Å². The van der Waals surface area contributed by atoms with Crippen LogP contribution >= 0.6 is 0 Å². The number of aromatic amines is 1. The fourth-order valence-electron chi connectivity index (χ4n) is 3.01. The molecule has 1 unspecified atom stereocenters. The lowest BCUT2D eigenvalue weighted by atomic mass is 9.96. The topological polar surface area (TPSA) is 114 Å². The van der Waals surface area contributed by atoms with Crippen molar-refractivity contribution in [3.8, 4) is 0 Å². The van der Waals surface area contributed by atoms with Gasteiger partial charge in [-0.05, 0) is 17.4 Å². The van der Waals surface area contributed by atoms with Crippen LogP contribution in [0.3, 0.4) is 0 Å². The summed E-state index contributed by atoms with van der Waals surface area (Å²) in [6.07, 6.45) is 0. The standard InChI is InChI=1S/C15H18F4N10/c1-7(9-23-25-26-24-9)29-11-8(22-27-29)10(20-12(21-11)13(2,3)4)28-5-14(16,17)15(18,19)6-28/h7H,5-6H2,1-4H3,(H,23,24,25,26). The molecular weight excluding hydrogens is 396 g/mol. The number of H-pyrrole nitrogens is 1. The van der Waals surface area contributed by atoms with Gasteiger partial charge in [0.15, 0.2) is 22.8 Å². The Bertz CT molecular complexity index is 1020. The van der Waals surface area contributed by atoms with E-state index in [9.17, 15) is 17.6 Å². The van der Waals surface area contributed by atoms with Gasteiger partial charge in [0.2, 0.25) is 0 Å². The van der Waals surface area contributed by atoms with E-state index in [0.717, 1.165) is 4.90 Å². The second kappa shape index (κ2) is 6.03. The Hall–Kier alpha value is -2.93. The van der Waals surface area contributed by atoms with Gasteiger partial charge >= 0.3 is 11.8 Å². The van der Waals surface area contributed by atoms with Gasteiger partial charge in [-0.25, -0.2) is 19.7 Å². The number of aromatic nitrogens is 9. The molecule has 0 aromatic carbocycles. The zero-order valence-electron chi connectivity index (χ0n) is 16.0. The molecule has 1 saturated heterocycles. The number of hydrogen-bond donors (Lipinski definition) is 1. The van der Waals surface area contributed by atoms with Crippen LogP contribution in [-0.4, -0.2) is 70.5 Å². The minimum absolute atomic E-state index is 0.0471. The smallest absolute Gasteiger partial charge is 0.329 e. The number of rotatable bonds is 3. The fourth-order valence-corrected chi connectivity index (χ4v) is 3.01. The molecule has 0 bridgehead atoms. The Kier molecular flexibility index (Phi) is 4.03. The van der Waals surface area contributed by atoms with E-state index in [1.807, 2.05) is 20.8 Å². The minimum Gasteiger partial charge on any atom is -0.342 e. The van der Waals surface area contributed by atoms with Crippen molar-refractivity contribution in [3.63, 3.8) is 0 Å². The minimum atomic E-state index is -4.18. The number of tetrazole rings is 1. The monoisotopic (exact) mass is 414 g/mol. The highest BCUT2D eigenvalue weighted by atomic mass is 19.3. The number of nitrogens with one attached hydrogen (secondary N) is 1.